The number of amides is 2. The molecular formula is C23H24N4O4. The van der Waals surface area contributed by atoms with E-state index in [0.717, 1.165) is 6.42 Å². The summed E-state index contributed by atoms with van der Waals surface area (Å²) in [7, 11) is 0. The van der Waals surface area contributed by atoms with E-state index < -0.39 is 11.2 Å². The zero-order chi connectivity index (χ0) is 22.0. The Morgan fingerprint density at radius 3 is 2.23 bits per heavy atom. The number of para-hydroxylation sites is 1. The van der Waals surface area contributed by atoms with Gasteiger partial charge in [0, 0.05) is 31.7 Å². The second-order valence-corrected chi connectivity index (χ2v) is 7.59. The Morgan fingerprint density at radius 1 is 0.903 bits per heavy atom. The van der Waals surface area contributed by atoms with E-state index in [9.17, 15) is 19.2 Å². The van der Waals surface area contributed by atoms with Crippen molar-refractivity contribution >= 4 is 22.7 Å². The molecule has 1 aliphatic rings. The lowest BCUT2D eigenvalue weighted by molar-refractivity contribution is -0.133. The quantitative estimate of drug-likeness (QED) is 0.687. The molecular weight excluding hydrogens is 396 g/mol. The van der Waals surface area contributed by atoms with Crippen LogP contribution in [0.4, 0.5) is 0 Å². The maximum atomic E-state index is 12.8. The molecule has 1 saturated heterocycles. The first-order valence-electron chi connectivity index (χ1n) is 10.4. The molecule has 4 rings (SSSR count). The number of rotatable bonds is 4. The number of hydrogen-bond acceptors (Lipinski definition) is 4. The first-order chi connectivity index (χ1) is 15.0. The SMILES string of the molecule is CCc1ccc(C(=O)N2CCN(C(=O)Cn3c(=O)[nH]c(=O)c4ccccc43)CC2)cc1. The van der Waals surface area contributed by atoms with Gasteiger partial charge in [-0.2, -0.15) is 0 Å². The highest BCUT2D eigenvalue weighted by Gasteiger charge is 2.25. The van der Waals surface area contributed by atoms with E-state index in [4.69, 9.17) is 0 Å². The number of nitrogens with one attached hydrogen (secondary N) is 1. The Labute approximate surface area is 178 Å². The normalized spacial score (nSPS) is 14.1. The van der Waals surface area contributed by atoms with E-state index in [-0.39, 0.29) is 18.4 Å². The van der Waals surface area contributed by atoms with Crippen LogP contribution in [-0.4, -0.2) is 57.3 Å². The molecule has 160 valence electrons. The van der Waals surface area contributed by atoms with Gasteiger partial charge in [0.15, 0.2) is 0 Å². The van der Waals surface area contributed by atoms with Gasteiger partial charge < -0.3 is 9.80 Å². The first-order valence-corrected chi connectivity index (χ1v) is 10.4. The standard InChI is InChI=1S/C23H24N4O4/c1-2-16-7-9-17(10-8-16)22(30)26-13-11-25(12-14-26)20(28)15-27-19-6-4-3-5-18(19)21(29)24-23(27)31/h3-10H,2,11-15H2,1H3,(H,24,29,31). The van der Waals surface area contributed by atoms with Gasteiger partial charge in [-0.1, -0.05) is 31.2 Å². The highest BCUT2D eigenvalue weighted by atomic mass is 16.2. The van der Waals surface area contributed by atoms with E-state index in [2.05, 4.69) is 11.9 Å². The Bertz CT molecular complexity index is 1230. The van der Waals surface area contributed by atoms with Crippen molar-refractivity contribution < 1.29 is 9.59 Å². The zero-order valence-corrected chi connectivity index (χ0v) is 17.3. The molecule has 2 heterocycles. The van der Waals surface area contributed by atoms with Crippen molar-refractivity contribution in [3.8, 4) is 0 Å². The number of aromatic nitrogens is 2. The minimum absolute atomic E-state index is 0.0439. The molecule has 1 aliphatic heterocycles. The molecule has 8 nitrogen and oxygen atoms in total. The summed E-state index contributed by atoms with van der Waals surface area (Å²) in [6.07, 6.45) is 0.920. The molecule has 8 heteroatoms. The number of piperazine rings is 1. The van der Waals surface area contributed by atoms with Crippen molar-refractivity contribution in [2.24, 2.45) is 0 Å². The van der Waals surface area contributed by atoms with Crippen LogP contribution in [-0.2, 0) is 17.8 Å². The van der Waals surface area contributed by atoms with E-state index in [1.54, 1.807) is 34.1 Å². The van der Waals surface area contributed by atoms with Crippen LogP contribution < -0.4 is 11.2 Å². The molecule has 0 spiro atoms. The van der Waals surface area contributed by atoms with E-state index in [1.165, 1.54) is 10.1 Å². The Kier molecular flexibility index (Phi) is 5.70. The van der Waals surface area contributed by atoms with Crippen LogP contribution in [0.2, 0.25) is 0 Å². The average molecular weight is 420 g/mol. The number of fused-ring (bicyclic) bond motifs is 1. The Morgan fingerprint density at radius 2 is 1.55 bits per heavy atom. The molecule has 1 fully saturated rings. The topological polar surface area (TPSA) is 95.5 Å². The summed E-state index contributed by atoms with van der Waals surface area (Å²) in [5.41, 5.74) is 1.17. The molecule has 2 aromatic carbocycles. The number of hydrogen-bond donors (Lipinski definition) is 1. The van der Waals surface area contributed by atoms with Crippen LogP contribution in [0.25, 0.3) is 10.9 Å². The molecule has 31 heavy (non-hydrogen) atoms. The molecule has 0 unspecified atom stereocenters. The molecule has 1 N–H and O–H groups in total. The maximum Gasteiger partial charge on any atom is 0.329 e. The zero-order valence-electron chi connectivity index (χ0n) is 17.3. The fourth-order valence-electron chi connectivity index (χ4n) is 3.86. The number of benzene rings is 2. The number of aryl methyl sites for hydroxylation is 1. The predicted octanol–water partition coefficient (Wildman–Crippen LogP) is 1.24. The molecule has 3 aromatic rings. The molecule has 0 aliphatic carbocycles. The summed E-state index contributed by atoms with van der Waals surface area (Å²) in [5.74, 6) is -0.267. The summed E-state index contributed by atoms with van der Waals surface area (Å²) >= 11 is 0. The third-order valence-corrected chi connectivity index (χ3v) is 5.73. The summed E-state index contributed by atoms with van der Waals surface area (Å²) < 4.78 is 1.28. The summed E-state index contributed by atoms with van der Waals surface area (Å²) in [4.78, 5) is 55.5. The molecule has 1 aromatic heterocycles. The van der Waals surface area contributed by atoms with Gasteiger partial charge in [0.1, 0.15) is 6.54 Å². The van der Waals surface area contributed by atoms with Crippen molar-refractivity contribution in [3.05, 3.63) is 80.5 Å². The van der Waals surface area contributed by atoms with Gasteiger partial charge in [-0.25, -0.2) is 4.79 Å². The van der Waals surface area contributed by atoms with Crippen molar-refractivity contribution in [1.82, 2.24) is 19.4 Å². The average Bonchev–Trinajstić information content (AvgIpc) is 2.81. The van der Waals surface area contributed by atoms with E-state index in [1.807, 2.05) is 24.3 Å². The monoisotopic (exact) mass is 420 g/mol. The number of carbonyl (C=O) groups excluding carboxylic acids is 2. The fraction of sp³-hybridized carbons (Fsp3) is 0.304. The Balaban J connectivity index is 1.43. The van der Waals surface area contributed by atoms with Gasteiger partial charge in [0.25, 0.3) is 11.5 Å². The van der Waals surface area contributed by atoms with E-state index >= 15 is 0 Å². The van der Waals surface area contributed by atoms with Crippen LogP contribution >= 0.6 is 0 Å². The molecule has 0 atom stereocenters. The van der Waals surface area contributed by atoms with Gasteiger partial charge in [0.05, 0.1) is 10.9 Å². The van der Waals surface area contributed by atoms with Gasteiger partial charge in [0.2, 0.25) is 5.91 Å². The number of nitrogens with zero attached hydrogens (tertiary/aromatic N) is 3. The summed E-state index contributed by atoms with van der Waals surface area (Å²) in [5, 5.41) is 0.361. The lowest BCUT2D eigenvalue weighted by Crippen LogP contribution is -2.51. The van der Waals surface area contributed by atoms with Crippen LogP contribution in [0, 0.1) is 0 Å². The maximum absolute atomic E-state index is 12.8. The predicted molar refractivity (Wildman–Crippen MR) is 117 cm³/mol. The molecule has 0 radical (unpaired) electrons. The molecule has 2 amide bonds. The number of H-pyrrole nitrogens is 1. The van der Waals surface area contributed by atoms with Gasteiger partial charge >= 0.3 is 5.69 Å². The minimum Gasteiger partial charge on any atom is -0.338 e. The molecule has 0 saturated carbocycles. The highest BCUT2D eigenvalue weighted by molar-refractivity contribution is 5.94. The molecule has 0 bridgehead atoms. The van der Waals surface area contributed by atoms with Crippen molar-refractivity contribution in [2.45, 2.75) is 19.9 Å². The van der Waals surface area contributed by atoms with Crippen LogP contribution in [0.1, 0.15) is 22.8 Å². The van der Waals surface area contributed by atoms with Crippen LogP contribution in [0.3, 0.4) is 0 Å². The lowest BCUT2D eigenvalue weighted by Gasteiger charge is -2.35. The van der Waals surface area contributed by atoms with Gasteiger partial charge in [-0.05, 0) is 36.2 Å². The van der Waals surface area contributed by atoms with Crippen molar-refractivity contribution in [1.29, 1.82) is 0 Å². The second-order valence-electron chi connectivity index (χ2n) is 7.59. The van der Waals surface area contributed by atoms with E-state index in [0.29, 0.717) is 42.6 Å². The first kappa shape index (κ1) is 20.6. The minimum atomic E-state index is -0.610. The summed E-state index contributed by atoms with van der Waals surface area (Å²) in [6, 6.07) is 14.3. The van der Waals surface area contributed by atoms with Crippen molar-refractivity contribution in [3.63, 3.8) is 0 Å². The highest BCUT2D eigenvalue weighted by Crippen LogP contribution is 2.12. The summed E-state index contributed by atoms with van der Waals surface area (Å²) in [6.45, 7) is 3.56. The van der Waals surface area contributed by atoms with Crippen LogP contribution in [0.5, 0.6) is 0 Å². The fourth-order valence-corrected chi connectivity index (χ4v) is 3.86. The van der Waals surface area contributed by atoms with Crippen molar-refractivity contribution in [2.75, 3.05) is 26.2 Å². The van der Waals surface area contributed by atoms with Gasteiger partial charge in [-0.3, -0.25) is 23.9 Å². The van der Waals surface area contributed by atoms with Gasteiger partial charge in [-0.15, -0.1) is 0 Å². The third kappa shape index (κ3) is 4.14. The number of carbonyl (C=O) groups is 2. The number of aromatic amines is 1. The van der Waals surface area contributed by atoms with Crippen LogP contribution in [0.15, 0.2) is 58.1 Å². The second kappa shape index (κ2) is 8.59. The largest absolute Gasteiger partial charge is 0.338 e. The Hall–Kier alpha value is -3.68. The smallest absolute Gasteiger partial charge is 0.329 e. The lowest BCUT2D eigenvalue weighted by atomic mass is 10.1. The third-order valence-electron chi connectivity index (χ3n) is 5.73.